The normalized spacial score (nSPS) is 11.7. The molecule has 20 heavy (non-hydrogen) atoms. The Morgan fingerprint density at radius 1 is 1.00 bits per heavy atom. The van der Waals surface area contributed by atoms with Gasteiger partial charge >= 0.3 is 5.97 Å². The largest absolute Gasteiger partial charge is 0.479 e. The Balaban J connectivity index is 2.19. The summed E-state index contributed by atoms with van der Waals surface area (Å²) >= 11 is 3.28. The molecule has 0 spiro atoms. The van der Waals surface area contributed by atoms with Gasteiger partial charge in [0.15, 0.2) is 6.04 Å². The molecule has 0 aliphatic carbocycles. The molecule has 0 aliphatic rings. The van der Waals surface area contributed by atoms with Gasteiger partial charge in [-0.25, -0.2) is 4.79 Å². The van der Waals surface area contributed by atoms with Crippen LogP contribution < -0.4 is 5.32 Å². The van der Waals surface area contributed by atoms with E-state index in [-0.39, 0.29) is 0 Å². The first kappa shape index (κ1) is 14.3. The number of hydrogen-bond donors (Lipinski definition) is 2. The number of aliphatic carboxylic acids is 1. The highest BCUT2D eigenvalue weighted by Gasteiger charge is 2.22. The average molecular weight is 334 g/mol. The first-order valence-electron chi connectivity index (χ1n) is 5.92. The maximum absolute atomic E-state index is 12.1. The van der Waals surface area contributed by atoms with Crippen molar-refractivity contribution in [2.45, 2.75) is 6.04 Å². The Bertz CT molecular complexity index is 611. The zero-order valence-electron chi connectivity index (χ0n) is 10.4. The van der Waals surface area contributed by atoms with Crippen LogP contribution in [0.5, 0.6) is 0 Å². The van der Waals surface area contributed by atoms with Gasteiger partial charge in [-0.3, -0.25) is 4.79 Å². The van der Waals surface area contributed by atoms with Gasteiger partial charge < -0.3 is 10.4 Å². The summed E-state index contributed by atoms with van der Waals surface area (Å²) in [6, 6.07) is 14.2. The second-order valence-electron chi connectivity index (χ2n) is 4.16. The van der Waals surface area contributed by atoms with Crippen molar-refractivity contribution < 1.29 is 14.7 Å². The van der Waals surface area contributed by atoms with Gasteiger partial charge in [0.25, 0.3) is 5.91 Å². The van der Waals surface area contributed by atoms with Crippen LogP contribution in [-0.2, 0) is 4.79 Å². The second kappa shape index (κ2) is 6.34. The van der Waals surface area contributed by atoms with Crippen molar-refractivity contribution in [3.8, 4) is 0 Å². The van der Waals surface area contributed by atoms with E-state index < -0.39 is 17.9 Å². The standard InChI is InChI=1S/C15H12BrNO3/c16-12-8-6-11(7-9-12)14(18)17-13(15(19)20)10-4-2-1-3-5-10/h1-9,13H,(H,17,18)(H,19,20)/t13-/m0/s1. The SMILES string of the molecule is O=C(N[C@H](C(=O)O)c1ccccc1)c1ccc(Br)cc1. The highest BCUT2D eigenvalue weighted by Crippen LogP contribution is 2.15. The summed E-state index contributed by atoms with van der Waals surface area (Å²) in [5.41, 5.74) is 0.945. The van der Waals surface area contributed by atoms with Crippen LogP contribution >= 0.6 is 15.9 Å². The first-order valence-corrected chi connectivity index (χ1v) is 6.71. The highest BCUT2D eigenvalue weighted by atomic mass is 79.9. The minimum Gasteiger partial charge on any atom is -0.479 e. The zero-order chi connectivity index (χ0) is 14.5. The van der Waals surface area contributed by atoms with E-state index in [2.05, 4.69) is 21.2 Å². The molecule has 102 valence electrons. The van der Waals surface area contributed by atoms with Crippen molar-refractivity contribution in [3.63, 3.8) is 0 Å². The van der Waals surface area contributed by atoms with E-state index in [9.17, 15) is 14.7 Å². The molecule has 0 saturated heterocycles. The van der Waals surface area contributed by atoms with Gasteiger partial charge in [0.2, 0.25) is 0 Å². The van der Waals surface area contributed by atoms with Crippen LogP contribution in [0.3, 0.4) is 0 Å². The van der Waals surface area contributed by atoms with Crippen LogP contribution in [0.25, 0.3) is 0 Å². The summed E-state index contributed by atoms with van der Waals surface area (Å²) < 4.78 is 0.854. The van der Waals surface area contributed by atoms with E-state index >= 15 is 0 Å². The van der Waals surface area contributed by atoms with Gasteiger partial charge in [-0.05, 0) is 29.8 Å². The molecule has 0 fully saturated rings. The summed E-state index contributed by atoms with van der Waals surface area (Å²) in [6.07, 6.45) is 0. The summed E-state index contributed by atoms with van der Waals surface area (Å²) in [5, 5.41) is 11.8. The maximum atomic E-state index is 12.1. The molecule has 2 aromatic rings. The van der Waals surface area contributed by atoms with Gasteiger partial charge in [-0.1, -0.05) is 46.3 Å². The summed E-state index contributed by atoms with van der Waals surface area (Å²) in [5.74, 6) is -1.52. The van der Waals surface area contributed by atoms with E-state index in [1.165, 1.54) is 0 Å². The van der Waals surface area contributed by atoms with Crippen molar-refractivity contribution in [2.75, 3.05) is 0 Å². The number of carbonyl (C=O) groups excluding carboxylic acids is 1. The molecule has 0 heterocycles. The van der Waals surface area contributed by atoms with Crippen molar-refractivity contribution in [2.24, 2.45) is 0 Å². The maximum Gasteiger partial charge on any atom is 0.330 e. The molecule has 0 aliphatic heterocycles. The predicted molar refractivity (Wildman–Crippen MR) is 78.4 cm³/mol. The van der Waals surface area contributed by atoms with Crippen molar-refractivity contribution in [3.05, 3.63) is 70.2 Å². The summed E-state index contributed by atoms with van der Waals surface area (Å²) in [4.78, 5) is 23.4. The third kappa shape index (κ3) is 3.45. The quantitative estimate of drug-likeness (QED) is 0.903. The van der Waals surface area contributed by atoms with Crippen LogP contribution in [0.4, 0.5) is 0 Å². The van der Waals surface area contributed by atoms with Crippen molar-refractivity contribution in [1.29, 1.82) is 0 Å². The molecule has 2 aromatic carbocycles. The molecule has 0 bridgehead atoms. The number of carboxylic acids is 1. The third-order valence-electron chi connectivity index (χ3n) is 2.76. The molecule has 1 atom stereocenters. The molecule has 0 saturated carbocycles. The minimum absolute atomic E-state index is 0.412. The summed E-state index contributed by atoms with van der Waals surface area (Å²) in [6.45, 7) is 0. The topological polar surface area (TPSA) is 66.4 Å². The van der Waals surface area contributed by atoms with Crippen LogP contribution in [0, 0.1) is 0 Å². The van der Waals surface area contributed by atoms with Crippen molar-refractivity contribution in [1.82, 2.24) is 5.32 Å². The lowest BCUT2D eigenvalue weighted by Gasteiger charge is -2.14. The third-order valence-corrected chi connectivity index (χ3v) is 3.29. The Labute approximate surface area is 124 Å². The van der Waals surface area contributed by atoms with E-state index in [0.717, 1.165) is 4.47 Å². The number of carboxylic acid groups (broad SMARTS) is 1. The number of carbonyl (C=O) groups is 2. The fourth-order valence-electron chi connectivity index (χ4n) is 1.75. The molecule has 4 nitrogen and oxygen atoms in total. The first-order chi connectivity index (χ1) is 9.58. The van der Waals surface area contributed by atoms with E-state index in [1.807, 2.05) is 0 Å². The smallest absolute Gasteiger partial charge is 0.330 e. The molecule has 2 N–H and O–H groups in total. The summed E-state index contributed by atoms with van der Waals surface area (Å²) in [7, 11) is 0. The Morgan fingerprint density at radius 2 is 1.60 bits per heavy atom. The van der Waals surface area contributed by atoms with Gasteiger partial charge in [0.1, 0.15) is 0 Å². The number of nitrogens with one attached hydrogen (secondary N) is 1. The predicted octanol–water partition coefficient (Wildman–Crippen LogP) is 3.00. The monoisotopic (exact) mass is 333 g/mol. The fourth-order valence-corrected chi connectivity index (χ4v) is 2.01. The number of rotatable bonds is 4. The van der Waals surface area contributed by atoms with Crippen LogP contribution in [-0.4, -0.2) is 17.0 Å². The average Bonchev–Trinajstić information content (AvgIpc) is 2.46. The molecule has 1 amide bonds. The zero-order valence-corrected chi connectivity index (χ0v) is 12.0. The van der Waals surface area contributed by atoms with Gasteiger partial charge in [-0.2, -0.15) is 0 Å². The minimum atomic E-state index is -1.10. The van der Waals surface area contributed by atoms with E-state index in [0.29, 0.717) is 11.1 Å². The lowest BCUT2D eigenvalue weighted by atomic mass is 10.1. The van der Waals surface area contributed by atoms with Gasteiger partial charge in [0.05, 0.1) is 0 Å². The Hall–Kier alpha value is -2.14. The Morgan fingerprint density at radius 3 is 2.15 bits per heavy atom. The fraction of sp³-hybridized carbons (Fsp3) is 0.0667. The highest BCUT2D eigenvalue weighted by molar-refractivity contribution is 9.10. The molecule has 0 unspecified atom stereocenters. The number of amides is 1. The van der Waals surface area contributed by atoms with E-state index in [1.54, 1.807) is 54.6 Å². The lowest BCUT2D eigenvalue weighted by Crippen LogP contribution is -2.33. The van der Waals surface area contributed by atoms with Crippen LogP contribution in [0.15, 0.2) is 59.1 Å². The molecule has 0 radical (unpaired) electrons. The van der Waals surface area contributed by atoms with E-state index in [4.69, 9.17) is 0 Å². The molecule has 5 heteroatoms. The van der Waals surface area contributed by atoms with Gasteiger partial charge in [-0.15, -0.1) is 0 Å². The number of benzene rings is 2. The second-order valence-corrected chi connectivity index (χ2v) is 5.08. The van der Waals surface area contributed by atoms with Crippen molar-refractivity contribution >= 4 is 27.8 Å². The number of hydrogen-bond acceptors (Lipinski definition) is 2. The van der Waals surface area contributed by atoms with Crippen LogP contribution in [0.1, 0.15) is 22.0 Å². The number of halogens is 1. The Kier molecular flexibility index (Phi) is 4.53. The molecule has 0 aromatic heterocycles. The molecular weight excluding hydrogens is 322 g/mol. The van der Waals surface area contributed by atoms with Crippen LogP contribution in [0.2, 0.25) is 0 Å². The van der Waals surface area contributed by atoms with Gasteiger partial charge in [0, 0.05) is 10.0 Å². The molecular formula is C15H12BrNO3. The lowest BCUT2D eigenvalue weighted by molar-refractivity contribution is -0.139. The molecule has 2 rings (SSSR count).